The number of likely N-dealkylation sites (tertiary alicyclic amines) is 1. The van der Waals surface area contributed by atoms with Crippen molar-refractivity contribution < 1.29 is 18.7 Å². The Kier molecular flexibility index (Phi) is 8.76. The average Bonchev–Trinajstić information content (AvgIpc) is 2.91. The van der Waals surface area contributed by atoms with Crippen LogP contribution in [0.1, 0.15) is 46.1 Å². The van der Waals surface area contributed by atoms with Crippen molar-refractivity contribution in [3.8, 4) is 0 Å². The Bertz CT molecular complexity index is 1130. The molecule has 0 saturated carbocycles. The summed E-state index contributed by atoms with van der Waals surface area (Å²) in [5, 5.41) is 2.41. The van der Waals surface area contributed by atoms with Crippen LogP contribution in [-0.2, 0) is 20.5 Å². The second-order valence-corrected chi connectivity index (χ2v) is 15.8. The van der Waals surface area contributed by atoms with E-state index in [2.05, 4.69) is 88.4 Å². The number of carbonyl (C=O) groups excluding carboxylic acids is 1. The second-order valence-electron chi connectivity index (χ2n) is 11.5. The first-order valence-electron chi connectivity index (χ1n) is 13.5. The lowest BCUT2D eigenvalue weighted by molar-refractivity contribution is -0.0422. The van der Waals surface area contributed by atoms with Crippen molar-refractivity contribution in [3.63, 3.8) is 0 Å². The molecule has 1 aliphatic rings. The van der Waals surface area contributed by atoms with E-state index in [0.717, 1.165) is 12.0 Å². The number of carbonyl (C=O) groups is 1. The maximum absolute atomic E-state index is 13.3. The minimum atomic E-state index is -2.71. The number of hydrogen-bond acceptors (Lipinski definition) is 4. The fourth-order valence-corrected chi connectivity index (χ4v) is 10.6. The lowest BCUT2D eigenvalue weighted by Gasteiger charge is -2.51. The Labute approximate surface area is 228 Å². The molecule has 1 saturated heterocycles. The van der Waals surface area contributed by atoms with Gasteiger partial charge in [0.05, 0.1) is 12.1 Å². The minimum absolute atomic E-state index is 0.0281. The summed E-state index contributed by atoms with van der Waals surface area (Å²) >= 11 is 0. The van der Waals surface area contributed by atoms with E-state index in [1.807, 2.05) is 35.2 Å². The molecule has 0 radical (unpaired) electrons. The number of amides is 1. The molecule has 0 bridgehead atoms. The van der Waals surface area contributed by atoms with E-state index in [-0.39, 0.29) is 23.8 Å². The fraction of sp³-hybridized carbons (Fsp3) is 0.406. The van der Waals surface area contributed by atoms with Crippen molar-refractivity contribution >= 4 is 24.8 Å². The van der Waals surface area contributed by atoms with Crippen LogP contribution in [0.4, 0.5) is 4.79 Å². The molecule has 0 spiro atoms. The topological polar surface area (TPSA) is 48.0 Å². The zero-order chi connectivity index (χ0) is 27.2. The first kappa shape index (κ1) is 28.1. The molecule has 5 nitrogen and oxygen atoms in total. The van der Waals surface area contributed by atoms with Gasteiger partial charge in [-0.25, -0.2) is 4.79 Å². The van der Waals surface area contributed by atoms with Gasteiger partial charge >= 0.3 is 6.09 Å². The van der Waals surface area contributed by atoms with Crippen LogP contribution in [0.15, 0.2) is 91.0 Å². The quantitative estimate of drug-likeness (QED) is 0.346. The smallest absolute Gasteiger partial charge is 0.410 e. The number of rotatable bonds is 8. The van der Waals surface area contributed by atoms with E-state index in [1.165, 1.54) is 10.4 Å². The van der Waals surface area contributed by atoms with E-state index >= 15 is 0 Å². The van der Waals surface area contributed by atoms with Gasteiger partial charge < -0.3 is 18.8 Å². The summed E-state index contributed by atoms with van der Waals surface area (Å²) in [4.78, 5) is 15.1. The Morgan fingerprint density at radius 1 is 0.921 bits per heavy atom. The number of benzene rings is 3. The first-order chi connectivity index (χ1) is 18.2. The zero-order valence-electron chi connectivity index (χ0n) is 23.4. The van der Waals surface area contributed by atoms with Crippen LogP contribution in [-0.4, -0.2) is 51.2 Å². The Hall–Kier alpha value is -2.93. The molecule has 0 aliphatic carbocycles. The highest BCUT2D eigenvalue weighted by molar-refractivity contribution is 6.99. The van der Waals surface area contributed by atoms with Crippen LogP contribution < -0.4 is 10.4 Å². The van der Waals surface area contributed by atoms with Gasteiger partial charge in [-0.3, -0.25) is 0 Å². The summed E-state index contributed by atoms with van der Waals surface area (Å²) in [6.45, 7) is 10.2. The van der Waals surface area contributed by atoms with Crippen LogP contribution >= 0.6 is 0 Å². The fourth-order valence-electron chi connectivity index (χ4n) is 5.84. The summed E-state index contributed by atoms with van der Waals surface area (Å²) in [6.07, 6.45) is 1.08. The van der Waals surface area contributed by atoms with Gasteiger partial charge in [0, 0.05) is 19.8 Å². The van der Waals surface area contributed by atoms with Gasteiger partial charge in [-0.1, -0.05) is 112 Å². The van der Waals surface area contributed by atoms with Gasteiger partial charge in [-0.05, 0) is 40.7 Å². The highest BCUT2D eigenvalue weighted by atomic mass is 28.4. The molecule has 3 aromatic carbocycles. The van der Waals surface area contributed by atoms with E-state index in [1.54, 1.807) is 7.11 Å². The minimum Gasteiger partial charge on any atom is -0.445 e. The van der Waals surface area contributed by atoms with Gasteiger partial charge in [0.15, 0.2) is 0 Å². The normalized spacial score (nSPS) is 20.2. The Morgan fingerprint density at radius 2 is 1.45 bits per heavy atom. The predicted molar refractivity (Wildman–Crippen MR) is 155 cm³/mol. The molecule has 1 fully saturated rings. The third kappa shape index (κ3) is 5.88. The standard InChI is InChI=1S/C32H41NO4Si/c1-31(2,3)38(28-17-11-7-12-18-28,29-19-13-8-14-20-29)37-27-21-22-33(32(4,23-27)25-35-5)30(34)36-24-26-15-9-6-10-16-26/h6-20,27H,21-25H2,1-5H3. The second kappa shape index (κ2) is 11.8. The van der Waals surface area contributed by atoms with Gasteiger partial charge in [-0.15, -0.1) is 0 Å². The van der Waals surface area contributed by atoms with Crippen molar-refractivity contribution in [1.82, 2.24) is 4.90 Å². The van der Waals surface area contributed by atoms with Gasteiger partial charge in [0.1, 0.15) is 6.61 Å². The number of nitrogens with zero attached hydrogens (tertiary/aromatic N) is 1. The van der Waals surface area contributed by atoms with E-state index in [9.17, 15) is 4.79 Å². The molecular weight excluding hydrogens is 490 g/mol. The molecule has 6 heteroatoms. The molecule has 4 rings (SSSR count). The molecule has 1 aliphatic heterocycles. The molecule has 202 valence electrons. The summed E-state index contributed by atoms with van der Waals surface area (Å²) in [5.41, 5.74) is 0.427. The van der Waals surface area contributed by atoms with Crippen molar-refractivity contribution in [1.29, 1.82) is 0 Å². The lowest BCUT2D eigenvalue weighted by atomic mass is 9.87. The molecule has 0 N–H and O–H groups in total. The molecule has 0 aromatic heterocycles. The van der Waals surface area contributed by atoms with Crippen molar-refractivity contribution in [3.05, 3.63) is 96.6 Å². The number of methoxy groups -OCH3 is 1. The van der Waals surface area contributed by atoms with E-state index < -0.39 is 13.9 Å². The largest absolute Gasteiger partial charge is 0.445 e. The molecule has 1 amide bonds. The molecule has 3 aromatic rings. The molecule has 2 atom stereocenters. The third-order valence-corrected chi connectivity index (χ3v) is 12.7. The molecule has 38 heavy (non-hydrogen) atoms. The maximum Gasteiger partial charge on any atom is 0.410 e. The van der Waals surface area contributed by atoms with Crippen LogP contribution in [0.25, 0.3) is 0 Å². The van der Waals surface area contributed by atoms with Gasteiger partial charge in [0.2, 0.25) is 0 Å². The molecule has 2 unspecified atom stereocenters. The Morgan fingerprint density at radius 3 is 1.95 bits per heavy atom. The average molecular weight is 532 g/mol. The van der Waals surface area contributed by atoms with Crippen LogP contribution in [0.5, 0.6) is 0 Å². The van der Waals surface area contributed by atoms with Crippen molar-refractivity contribution in [2.24, 2.45) is 0 Å². The zero-order valence-corrected chi connectivity index (χ0v) is 24.4. The Balaban J connectivity index is 1.62. The molecular formula is C32H41NO4Si. The highest BCUT2D eigenvalue weighted by Gasteiger charge is 2.53. The number of ether oxygens (including phenoxy) is 2. The number of piperidine rings is 1. The molecule has 1 heterocycles. The summed E-state index contributed by atoms with van der Waals surface area (Å²) < 4.78 is 18.8. The predicted octanol–water partition coefficient (Wildman–Crippen LogP) is 5.77. The van der Waals surface area contributed by atoms with Gasteiger partial charge in [-0.2, -0.15) is 0 Å². The first-order valence-corrected chi connectivity index (χ1v) is 15.4. The number of hydrogen-bond donors (Lipinski definition) is 0. The monoisotopic (exact) mass is 531 g/mol. The summed E-state index contributed by atoms with van der Waals surface area (Å²) in [6, 6.07) is 31.2. The van der Waals surface area contributed by atoms with E-state index in [4.69, 9.17) is 13.9 Å². The van der Waals surface area contributed by atoms with Crippen LogP contribution in [0.2, 0.25) is 5.04 Å². The van der Waals surface area contributed by atoms with E-state index in [0.29, 0.717) is 19.6 Å². The van der Waals surface area contributed by atoms with Gasteiger partial charge in [0.25, 0.3) is 8.32 Å². The third-order valence-electron chi connectivity index (χ3n) is 7.63. The lowest BCUT2D eigenvalue weighted by Crippen LogP contribution is -2.69. The summed E-state index contributed by atoms with van der Waals surface area (Å²) in [7, 11) is -1.02. The van der Waals surface area contributed by atoms with Crippen molar-refractivity contribution in [2.75, 3.05) is 20.3 Å². The van der Waals surface area contributed by atoms with Crippen LogP contribution in [0.3, 0.4) is 0 Å². The highest BCUT2D eigenvalue weighted by Crippen LogP contribution is 2.40. The van der Waals surface area contributed by atoms with Crippen LogP contribution in [0, 0.1) is 0 Å². The van der Waals surface area contributed by atoms with Crippen molar-refractivity contribution in [2.45, 2.75) is 63.8 Å². The maximum atomic E-state index is 13.3. The summed E-state index contributed by atoms with van der Waals surface area (Å²) in [5.74, 6) is 0. The SMILES string of the molecule is COCC1(C)CC(O[Si](c2ccccc2)(c2ccccc2)C(C)(C)C)CCN1C(=O)OCc1ccccc1.